The Hall–Kier alpha value is -2.44. The van der Waals surface area contributed by atoms with Crippen molar-refractivity contribution in [2.45, 2.75) is 0 Å². The molecule has 0 atom stereocenters. The second-order valence-corrected chi connectivity index (χ2v) is 7.02. The molecule has 2 aromatic heterocycles. The molecule has 4 nitrogen and oxygen atoms in total. The van der Waals surface area contributed by atoms with E-state index in [1.165, 1.54) is 0 Å². The van der Waals surface area contributed by atoms with Gasteiger partial charge in [-0.25, -0.2) is 4.98 Å². The fourth-order valence-corrected chi connectivity index (χ4v) is 3.51. The number of hydrazone groups is 1. The quantitative estimate of drug-likeness (QED) is 0.351. The third kappa shape index (κ3) is 3.25. The summed E-state index contributed by atoms with van der Waals surface area (Å²) in [6.45, 7) is 0. The number of thiazole rings is 1. The molecule has 4 rings (SSSR count). The van der Waals surface area contributed by atoms with Gasteiger partial charge in [-0.2, -0.15) is 5.10 Å². The fourth-order valence-electron chi connectivity index (χ4n) is 2.29. The molecule has 0 fully saturated rings. The summed E-state index contributed by atoms with van der Waals surface area (Å²) in [7, 11) is 0. The third-order valence-electron chi connectivity index (χ3n) is 3.38. The summed E-state index contributed by atoms with van der Waals surface area (Å²) in [6.07, 6.45) is 1.65. The van der Waals surface area contributed by atoms with Gasteiger partial charge in [-0.1, -0.05) is 51.5 Å². The summed E-state index contributed by atoms with van der Waals surface area (Å²) in [4.78, 5) is 4.46. The van der Waals surface area contributed by atoms with E-state index in [1.807, 2.05) is 60.7 Å². The highest BCUT2D eigenvalue weighted by molar-refractivity contribution is 9.10. The molecule has 2 heterocycles. The Morgan fingerprint density at radius 1 is 1.08 bits per heavy atom. The van der Waals surface area contributed by atoms with E-state index in [4.69, 9.17) is 4.42 Å². The average molecular weight is 398 g/mol. The molecule has 0 radical (unpaired) electrons. The summed E-state index contributed by atoms with van der Waals surface area (Å²) in [5.74, 6) is 1.48. The van der Waals surface area contributed by atoms with Crippen LogP contribution < -0.4 is 5.43 Å². The lowest BCUT2D eigenvalue weighted by Crippen LogP contribution is -1.88. The number of anilines is 1. The maximum absolute atomic E-state index is 5.79. The predicted molar refractivity (Wildman–Crippen MR) is 103 cm³/mol. The first-order valence-electron chi connectivity index (χ1n) is 7.28. The number of rotatable bonds is 4. The van der Waals surface area contributed by atoms with Crippen LogP contribution in [-0.4, -0.2) is 11.2 Å². The second kappa shape index (κ2) is 6.59. The first-order chi connectivity index (χ1) is 11.8. The zero-order valence-electron chi connectivity index (χ0n) is 12.4. The number of nitrogens with zero attached hydrogens (tertiary/aromatic N) is 2. The van der Waals surface area contributed by atoms with Crippen LogP contribution in [0.25, 0.3) is 21.5 Å². The molecule has 4 aromatic rings. The van der Waals surface area contributed by atoms with Gasteiger partial charge in [-0.05, 0) is 36.4 Å². The third-order valence-corrected chi connectivity index (χ3v) is 4.82. The van der Waals surface area contributed by atoms with E-state index in [1.54, 1.807) is 17.6 Å². The molecule has 118 valence electrons. The van der Waals surface area contributed by atoms with Crippen LogP contribution in [0.2, 0.25) is 0 Å². The number of hydrogen-bond acceptors (Lipinski definition) is 5. The summed E-state index contributed by atoms with van der Waals surface area (Å²) in [5, 5.41) is 4.96. The highest BCUT2D eigenvalue weighted by Crippen LogP contribution is 2.26. The van der Waals surface area contributed by atoms with Crippen molar-refractivity contribution < 1.29 is 4.42 Å². The van der Waals surface area contributed by atoms with E-state index in [2.05, 4.69) is 31.4 Å². The molecule has 24 heavy (non-hydrogen) atoms. The van der Waals surface area contributed by atoms with Crippen molar-refractivity contribution in [3.05, 3.63) is 70.9 Å². The number of halogens is 1. The zero-order chi connectivity index (χ0) is 16.4. The van der Waals surface area contributed by atoms with Crippen molar-refractivity contribution >= 4 is 48.8 Å². The Labute approximate surface area is 151 Å². The van der Waals surface area contributed by atoms with Gasteiger partial charge < -0.3 is 4.42 Å². The predicted octanol–water partition coefficient (Wildman–Crippen LogP) is 5.76. The maximum Gasteiger partial charge on any atom is 0.204 e. The minimum absolute atomic E-state index is 0.679. The van der Waals surface area contributed by atoms with Crippen molar-refractivity contribution in [2.75, 3.05) is 5.43 Å². The summed E-state index contributed by atoms with van der Waals surface area (Å²) < 4.78 is 7.94. The van der Waals surface area contributed by atoms with Gasteiger partial charge in [0.05, 0.1) is 16.4 Å². The van der Waals surface area contributed by atoms with Crippen molar-refractivity contribution in [2.24, 2.45) is 5.10 Å². The molecule has 0 spiro atoms. The largest absolute Gasteiger partial charge is 0.455 e. The van der Waals surface area contributed by atoms with Crippen molar-refractivity contribution in [1.29, 1.82) is 0 Å². The fraction of sp³-hybridized carbons (Fsp3) is 0. The van der Waals surface area contributed by atoms with Crippen LogP contribution in [0.4, 0.5) is 5.13 Å². The van der Waals surface area contributed by atoms with Crippen LogP contribution >= 0.6 is 27.3 Å². The lowest BCUT2D eigenvalue weighted by Gasteiger charge is -1.97. The maximum atomic E-state index is 5.79. The molecule has 0 saturated carbocycles. The Balaban J connectivity index is 1.48. The number of hydrogen-bond donors (Lipinski definition) is 1. The van der Waals surface area contributed by atoms with E-state index in [0.717, 1.165) is 31.1 Å². The van der Waals surface area contributed by atoms with Gasteiger partial charge in [0.1, 0.15) is 11.5 Å². The molecule has 0 amide bonds. The molecule has 0 aliphatic rings. The SMILES string of the molecule is Brc1cccc(-c2ccc(C=NNc3nc4ccccc4s3)o2)c1. The molecule has 0 unspecified atom stereocenters. The van der Waals surface area contributed by atoms with Gasteiger partial charge in [-0.3, -0.25) is 5.43 Å². The van der Waals surface area contributed by atoms with Crippen LogP contribution in [0, 0.1) is 0 Å². The summed E-state index contributed by atoms with van der Waals surface area (Å²) in [5.41, 5.74) is 4.93. The molecule has 0 aliphatic heterocycles. The van der Waals surface area contributed by atoms with Gasteiger partial charge in [0.25, 0.3) is 0 Å². The van der Waals surface area contributed by atoms with Gasteiger partial charge in [0, 0.05) is 10.0 Å². The van der Waals surface area contributed by atoms with Gasteiger partial charge in [-0.15, -0.1) is 0 Å². The summed E-state index contributed by atoms with van der Waals surface area (Å²) in [6, 6.07) is 19.8. The molecule has 2 aromatic carbocycles. The highest BCUT2D eigenvalue weighted by atomic mass is 79.9. The molecular formula is C18H12BrN3OS. The van der Waals surface area contributed by atoms with E-state index in [-0.39, 0.29) is 0 Å². The normalized spacial score (nSPS) is 11.4. The molecule has 0 bridgehead atoms. The number of para-hydroxylation sites is 1. The van der Waals surface area contributed by atoms with Crippen molar-refractivity contribution in [1.82, 2.24) is 4.98 Å². The first kappa shape index (κ1) is 15.1. The lowest BCUT2D eigenvalue weighted by atomic mass is 10.2. The number of aromatic nitrogens is 1. The number of furan rings is 1. The lowest BCUT2D eigenvalue weighted by molar-refractivity contribution is 0.575. The Morgan fingerprint density at radius 2 is 2.00 bits per heavy atom. The molecule has 1 N–H and O–H groups in total. The second-order valence-electron chi connectivity index (χ2n) is 5.07. The topological polar surface area (TPSA) is 50.4 Å². The Bertz CT molecular complexity index is 989. The van der Waals surface area contributed by atoms with E-state index < -0.39 is 0 Å². The van der Waals surface area contributed by atoms with Crippen LogP contribution in [-0.2, 0) is 0 Å². The minimum Gasteiger partial charge on any atom is -0.455 e. The van der Waals surface area contributed by atoms with E-state index >= 15 is 0 Å². The Kier molecular flexibility index (Phi) is 4.15. The van der Waals surface area contributed by atoms with Crippen molar-refractivity contribution in [3.8, 4) is 11.3 Å². The first-order valence-corrected chi connectivity index (χ1v) is 8.89. The van der Waals surface area contributed by atoms with E-state index in [0.29, 0.717) is 5.76 Å². The van der Waals surface area contributed by atoms with Crippen molar-refractivity contribution in [3.63, 3.8) is 0 Å². The molecule has 0 saturated heterocycles. The molecule has 6 heteroatoms. The van der Waals surface area contributed by atoms with Crippen LogP contribution in [0.15, 0.2) is 74.7 Å². The Morgan fingerprint density at radius 3 is 2.88 bits per heavy atom. The smallest absolute Gasteiger partial charge is 0.204 e. The van der Waals surface area contributed by atoms with Crippen LogP contribution in [0.5, 0.6) is 0 Å². The molecular weight excluding hydrogens is 386 g/mol. The number of nitrogens with one attached hydrogen (secondary N) is 1. The van der Waals surface area contributed by atoms with E-state index in [9.17, 15) is 0 Å². The molecule has 0 aliphatic carbocycles. The highest BCUT2D eigenvalue weighted by Gasteiger charge is 2.04. The minimum atomic E-state index is 0.679. The average Bonchev–Trinajstić information content (AvgIpc) is 3.21. The standard InChI is InChI=1S/C18H12BrN3OS/c19-13-5-3-4-12(10-13)16-9-8-14(23-16)11-20-22-18-21-15-6-1-2-7-17(15)24-18/h1-11H,(H,21,22). The zero-order valence-corrected chi connectivity index (χ0v) is 14.8. The van der Waals surface area contributed by atoms with Crippen LogP contribution in [0.1, 0.15) is 5.76 Å². The van der Waals surface area contributed by atoms with Gasteiger partial charge in [0.2, 0.25) is 5.13 Å². The monoisotopic (exact) mass is 397 g/mol. The van der Waals surface area contributed by atoms with Gasteiger partial charge >= 0.3 is 0 Å². The van der Waals surface area contributed by atoms with Gasteiger partial charge in [0.15, 0.2) is 0 Å². The number of benzene rings is 2. The summed E-state index contributed by atoms with van der Waals surface area (Å²) >= 11 is 5.03. The number of fused-ring (bicyclic) bond motifs is 1. The van der Waals surface area contributed by atoms with Crippen LogP contribution in [0.3, 0.4) is 0 Å².